The first kappa shape index (κ1) is 18.9. The van der Waals surface area contributed by atoms with Crippen molar-refractivity contribution in [2.24, 2.45) is 0 Å². The summed E-state index contributed by atoms with van der Waals surface area (Å²) in [5.74, 6) is -0.888. The second-order valence-electron chi connectivity index (χ2n) is 7.02. The first-order chi connectivity index (χ1) is 18.2. The Morgan fingerprint density at radius 2 is 1.44 bits per heavy atom. The van der Waals surface area contributed by atoms with Crippen LogP contribution in [-0.4, -0.2) is 9.97 Å². The molecule has 0 N–H and O–H groups in total. The Bertz CT molecular complexity index is 1440. The first-order valence-corrected chi connectivity index (χ1v) is 10.3. The SMILES string of the molecule is [2H]C([2H])([2H])C([2H])([2H])c1cc(-c2ccnc(-c3[c-]cccc3)c2)ccc1F.[Ir].[c-]1ccccc1-c1ccccn1. The molecule has 0 unspecified atom stereocenters. The Morgan fingerprint density at radius 3 is 2.09 bits per heavy atom. The van der Waals surface area contributed by atoms with E-state index in [2.05, 4.69) is 22.1 Å². The van der Waals surface area contributed by atoms with Gasteiger partial charge in [-0.05, 0) is 58.7 Å². The smallest absolute Gasteiger partial charge is 0.126 e. The van der Waals surface area contributed by atoms with Gasteiger partial charge in [0.15, 0.2) is 0 Å². The molecular formula is C30H23FIrN2-2. The Morgan fingerprint density at radius 1 is 0.765 bits per heavy atom. The summed E-state index contributed by atoms with van der Waals surface area (Å²) in [7, 11) is 0. The standard InChI is InChI=1S/C19H15FN.C11H8N.Ir/c1-2-14-12-16(8-9-18(14)20)17-10-11-21-19(13-17)15-6-4-3-5-7-15;1-2-6-10(7-3-1)11-8-4-5-9-12-11;/h3-6,8-13H,2H2,1H3;1-6,8-9H;/q2*-1;/i1D3,2D2;;. The van der Waals surface area contributed by atoms with Crippen molar-refractivity contribution < 1.29 is 31.3 Å². The van der Waals surface area contributed by atoms with Crippen LogP contribution in [0, 0.1) is 17.9 Å². The zero-order chi connectivity index (χ0) is 27.2. The molecule has 0 aliphatic rings. The number of hydrogen-bond acceptors (Lipinski definition) is 2. The summed E-state index contributed by atoms with van der Waals surface area (Å²) < 4.78 is 51.9. The number of aromatic nitrogens is 2. The molecule has 2 nitrogen and oxygen atoms in total. The molecule has 5 aromatic rings. The molecule has 2 aromatic heterocycles. The van der Waals surface area contributed by atoms with Gasteiger partial charge in [0.2, 0.25) is 0 Å². The number of halogens is 1. The van der Waals surface area contributed by atoms with E-state index in [-0.39, 0.29) is 20.1 Å². The molecule has 0 saturated heterocycles. The third kappa shape index (κ3) is 6.54. The van der Waals surface area contributed by atoms with Gasteiger partial charge >= 0.3 is 0 Å². The fraction of sp³-hybridized carbons (Fsp3) is 0.0667. The van der Waals surface area contributed by atoms with Gasteiger partial charge in [-0.2, -0.15) is 0 Å². The fourth-order valence-corrected chi connectivity index (χ4v) is 3.19. The normalized spacial score (nSPS) is 12.9. The topological polar surface area (TPSA) is 25.8 Å². The predicted octanol–water partition coefficient (Wildman–Crippen LogP) is 7.46. The molecule has 3 aromatic carbocycles. The quantitative estimate of drug-likeness (QED) is 0.193. The van der Waals surface area contributed by atoms with E-state index >= 15 is 0 Å². The van der Waals surface area contributed by atoms with Gasteiger partial charge in [-0.15, -0.1) is 71.8 Å². The van der Waals surface area contributed by atoms with E-state index < -0.39 is 24.6 Å². The molecule has 0 amide bonds. The van der Waals surface area contributed by atoms with E-state index in [0.29, 0.717) is 16.8 Å². The van der Waals surface area contributed by atoms with Crippen molar-refractivity contribution in [3.8, 4) is 33.6 Å². The number of rotatable bonds is 4. The number of benzene rings is 3. The molecule has 1 radical (unpaired) electrons. The van der Waals surface area contributed by atoms with Gasteiger partial charge in [0.1, 0.15) is 5.82 Å². The number of nitrogens with zero attached hydrogens (tertiary/aromatic N) is 2. The van der Waals surface area contributed by atoms with E-state index in [1.165, 1.54) is 12.1 Å². The van der Waals surface area contributed by atoms with Gasteiger partial charge < -0.3 is 9.97 Å². The minimum atomic E-state index is -2.98. The summed E-state index contributed by atoms with van der Waals surface area (Å²) in [4.78, 5) is 8.51. The van der Waals surface area contributed by atoms with Crippen LogP contribution >= 0.6 is 0 Å². The molecule has 0 spiro atoms. The van der Waals surface area contributed by atoms with E-state index in [4.69, 9.17) is 6.85 Å². The van der Waals surface area contributed by atoms with Crippen molar-refractivity contribution in [3.63, 3.8) is 0 Å². The van der Waals surface area contributed by atoms with Crippen LogP contribution in [0.5, 0.6) is 0 Å². The third-order valence-electron chi connectivity index (χ3n) is 4.83. The molecule has 5 rings (SSSR count). The van der Waals surface area contributed by atoms with Crippen LogP contribution in [0.1, 0.15) is 19.3 Å². The van der Waals surface area contributed by atoms with Gasteiger partial charge in [-0.1, -0.05) is 31.1 Å². The van der Waals surface area contributed by atoms with E-state index in [1.807, 2.05) is 60.7 Å². The molecule has 4 heteroatoms. The van der Waals surface area contributed by atoms with Gasteiger partial charge in [-0.25, -0.2) is 4.39 Å². The maximum Gasteiger partial charge on any atom is 0.126 e. The van der Waals surface area contributed by atoms with Gasteiger partial charge in [0.05, 0.1) is 0 Å². The monoisotopic (exact) mass is 628 g/mol. The average molecular weight is 628 g/mol. The predicted molar refractivity (Wildman–Crippen MR) is 132 cm³/mol. The van der Waals surface area contributed by atoms with Crippen molar-refractivity contribution >= 4 is 0 Å². The third-order valence-corrected chi connectivity index (χ3v) is 4.83. The molecule has 0 aliphatic heterocycles. The van der Waals surface area contributed by atoms with Crippen LogP contribution in [0.2, 0.25) is 0 Å². The molecule has 0 bridgehead atoms. The summed E-state index contributed by atoms with van der Waals surface area (Å²) in [5, 5.41) is 0. The minimum Gasteiger partial charge on any atom is -0.305 e. The van der Waals surface area contributed by atoms with Crippen LogP contribution in [0.4, 0.5) is 4.39 Å². The molecule has 0 fully saturated rings. The van der Waals surface area contributed by atoms with Gasteiger partial charge in [0.25, 0.3) is 0 Å². The second kappa shape index (κ2) is 12.7. The second-order valence-corrected chi connectivity index (χ2v) is 7.02. The molecule has 34 heavy (non-hydrogen) atoms. The Kier molecular flexibility index (Phi) is 7.06. The minimum absolute atomic E-state index is 0. The molecule has 2 heterocycles. The zero-order valence-electron chi connectivity index (χ0n) is 23.0. The van der Waals surface area contributed by atoms with Crippen LogP contribution < -0.4 is 0 Å². The summed E-state index contributed by atoms with van der Waals surface area (Å²) in [5.41, 5.74) is 4.15. The van der Waals surface area contributed by atoms with E-state index in [9.17, 15) is 4.39 Å². The molecule has 0 atom stereocenters. The average Bonchev–Trinajstić information content (AvgIpc) is 2.94. The van der Waals surface area contributed by atoms with Crippen molar-refractivity contribution in [1.29, 1.82) is 0 Å². The van der Waals surface area contributed by atoms with E-state index in [1.54, 1.807) is 30.6 Å². The van der Waals surface area contributed by atoms with Crippen LogP contribution in [0.25, 0.3) is 33.6 Å². The van der Waals surface area contributed by atoms with Crippen molar-refractivity contribution in [2.75, 3.05) is 0 Å². The number of pyridine rings is 2. The molecule has 0 aliphatic carbocycles. The summed E-state index contributed by atoms with van der Waals surface area (Å²) >= 11 is 0. The molecular weight excluding hydrogens is 600 g/mol. The number of hydrogen-bond donors (Lipinski definition) is 0. The van der Waals surface area contributed by atoms with Crippen molar-refractivity contribution in [1.82, 2.24) is 9.97 Å². The summed E-state index contributed by atoms with van der Waals surface area (Å²) in [6.07, 6.45) is 0.583. The largest absolute Gasteiger partial charge is 0.305 e. The fourth-order valence-electron chi connectivity index (χ4n) is 3.19. The summed E-state index contributed by atoms with van der Waals surface area (Å²) in [6, 6.07) is 34.5. The Balaban J connectivity index is 0.000000270. The summed E-state index contributed by atoms with van der Waals surface area (Å²) in [6.45, 7) is -2.98. The van der Waals surface area contributed by atoms with Gasteiger partial charge in [-0.3, -0.25) is 0 Å². The Hall–Kier alpha value is -3.46. The number of aryl methyl sites for hydroxylation is 1. The van der Waals surface area contributed by atoms with Crippen LogP contribution in [-0.2, 0) is 26.5 Å². The van der Waals surface area contributed by atoms with Crippen molar-refractivity contribution in [3.05, 3.63) is 133 Å². The molecule has 0 saturated carbocycles. The maximum absolute atomic E-state index is 14.1. The zero-order valence-corrected chi connectivity index (χ0v) is 20.4. The van der Waals surface area contributed by atoms with Crippen LogP contribution in [0.3, 0.4) is 0 Å². The van der Waals surface area contributed by atoms with Crippen LogP contribution in [0.15, 0.2) is 109 Å². The Labute approximate surface area is 221 Å². The first-order valence-electron chi connectivity index (χ1n) is 12.8. The molecule has 171 valence electrons. The van der Waals surface area contributed by atoms with Gasteiger partial charge in [0, 0.05) is 39.4 Å². The van der Waals surface area contributed by atoms with Crippen molar-refractivity contribution in [2.45, 2.75) is 13.2 Å². The van der Waals surface area contributed by atoms with E-state index in [0.717, 1.165) is 22.9 Å². The maximum atomic E-state index is 14.1.